The van der Waals surface area contributed by atoms with Crippen LogP contribution in [0.1, 0.15) is 12.8 Å². The summed E-state index contributed by atoms with van der Waals surface area (Å²) < 4.78 is 5.43. The molecule has 6 heteroatoms. The highest BCUT2D eigenvalue weighted by Gasteiger charge is 2.34. The van der Waals surface area contributed by atoms with Crippen LogP contribution in [0.25, 0.3) is 21.5 Å². The fourth-order valence-corrected chi connectivity index (χ4v) is 3.91. The van der Waals surface area contributed by atoms with Gasteiger partial charge in [0.05, 0.1) is 34.7 Å². The molecule has 0 aliphatic carbocycles. The van der Waals surface area contributed by atoms with Crippen molar-refractivity contribution in [3.8, 4) is 11.5 Å². The second-order valence-corrected chi connectivity index (χ2v) is 6.64. The number of benzene rings is 3. The van der Waals surface area contributed by atoms with E-state index in [4.69, 9.17) is 20.5 Å². The molecule has 4 N–H and O–H groups in total. The van der Waals surface area contributed by atoms with Crippen LogP contribution in [0.5, 0.6) is 11.5 Å². The predicted octanol–water partition coefficient (Wildman–Crippen LogP) is 1.75. The summed E-state index contributed by atoms with van der Waals surface area (Å²) >= 11 is 0. The monoisotopic (exact) mass is 335 g/mol. The van der Waals surface area contributed by atoms with E-state index in [9.17, 15) is 10.2 Å². The Hall–Kier alpha value is -2.86. The average Bonchev–Trinajstić information content (AvgIpc) is 2.96. The van der Waals surface area contributed by atoms with Gasteiger partial charge in [-0.15, -0.1) is 0 Å². The van der Waals surface area contributed by atoms with Crippen molar-refractivity contribution in [1.29, 1.82) is 0 Å². The van der Waals surface area contributed by atoms with Crippen LogP contribution in [0, 0.1) is 0 Å². The van der Waals surface area contributed by atoms with Crippen molar-refractivity contribution in [2.45, 2.75) is 18.5 Å². The molecule has 2 aliphatic rings. The molecule has 0 radical (unpaired) electrons. The largest absolute Gasteiger partial charge is 0.507 e. The Morgan fingerprint density at radius 1 is 0.960 bits per heavy atom. The Balaban J connectivity index is 1.98. The SMILES string of the molecule is Nc1cc2c(c3c(O)c4ccccc4c(O)c13)=NC1(CCOCC1)N=2. The number of rotatable bonds is 0. The smallest absolute Gasteiger partial charge is 0.156 e. The molecule has 5 rings (SSSR count). The van der Waals surface area contributed by atoms with Crippen LogP contribution in [-0.2, 0) is 4.74 Å². The summed E-state index contributed by atoms with van der Waals surface area (Å²) in [7, 11) is 0. The van der Waals surface area contributed by atoms with Gasteiger partial charge >= 0.3 is 0 Å². The van der Waals surface area contributed by atoms with Crippen molar-refractivity contribution in [1.82, 2.24) is 0 Å². The summed E-state index contributed by atoms with van der Waals surface area (Å²) in [6.07, 6.45) is 1.40. The molecule has 1 saturated heterocycles. The second-order valence-electron chi connectivity index (χ2n) is 6.64. The van der Waals surface area contributed by atoms with Crippen molar-refractivity contribution >= 4 is 27.2 Å². The Bertz CT molecular complexity index is 1160. The zero-order chi connectivity index (χ0) is 17.2. The van der Waals surface area contributed by atoms with Gasteiger partial charge in [0, 0.05) is 29.3 Å². The zero-order valence-electron chi connectivity index (χ0n) is 13.5. The molecule has 0 bridgehead atoms. The molecule has 6 nitrogen and oxygen atoms in total. The maximum absolute atomic E-state index is 10.9. The quantitative estimate of drug-likeness (QED) is 0.331. The highest BCUT2D eigenvalue weighted by Crippen LogP contribution is 2.42. The number of nitrogens with zero attached hydrogens (tertiary/aromatic N) is 2. The number of nitrogens with two attached hydrogens (primary N) is 1. The Morgan fingerprint density at radius 2 is 1.60 bits per heavy atom. The summed E-state index contributed by atoms with van der Waals surface area (Å²) in [5.74, 6) is 0.141. The van der Waals surface area contributed by atoms with Gasteiger partial charge in [-0.05, 0) is 6.07 Å². The highest BCUT2D eigenvalue weighted by molar-refractivity contribution is 6.14. The van der Waals surface area contributed by atoms with E-state index in [2.05, 4.69) is 0 Å². The normalized spacial score (nSPS) is 18.2. The van der Waals surface area contributed by atoms with Gasteiger partial charge in [-0.1, -0.05) is 24.3 Å². The number of aromatic hydroxyl groups is 2. The zero-order valence-corrected chi connectivity index (χ0v) is 13.5. The lowest BCUT2D eigenvalue weighted by atomic mass is 9.98. The maximum atomic E-state index is 10.9. The third-order valence-electron chi connectivity index (χ3n) is 5.16. The predicted molar refractivity (Wildman–Crippen MR) is 94.3 cm³/mol. The number of fused-ring (bicyclic) bond motifs is 4. The summed E-state index contributed by atoms with van der Waals surface area (Å²) in [5, 5.41) is 25.0. The third kappa shape index (κ3) is 1.88. The first-order valence-electron chi connectivity index (χ1n) is 8.32. The first kappa shape index (κ1) is 14.5. The molecule has 25 heavy (non-hydrogen) atoms. The van der Waals surface area contributed by atoms with E-state index in [1.807, 2.05) is 12.1 Å². The topological polar surface area (TPSA) is 100 Å². The van der Waals surface area contributed by atoms with Gasteiger partial charge in [0.1, 0.15) is 11.5 Å². The van der Waals surface area contributed by atoms with Crippen LogP contribution in [-0.4, -0.2) is 29.1 Å². The minimum atomic E-state index is -0.547. The van der Waals surface area contributed by atoms with Gasteiger partial charge in [0.2, 0.25) is 0 Å². The maximum Gasteiger partial charge on any atom is 0.156 e. The minimum Gasteiger partial charge on any atom is -0.507 e. The van der Waals surface area contributed by atoms with Gasteiger partial charge in [-0.2, -0.15) is 0 Å². The van der Waals surface area contributed by atoms with Gasteiger partial charge < -0.3 is 20.7 Å². The van der Waals surface area contributed by atoms with Crippen molar-refractivity contribution in [2.24, 2.45) is 9.98 Å². The van der Waals surface area contributed by atoms with Gasteiger partial charge in [0.25, 0.3) is 0 Å². The standard InChI is InChI=1S/C19H17N3O3/c20-12-9-13-16(22-19(21-13)5-7-25-8-6-19)15-14(12)17(23)10-3-1-2-4-11(10)18(15)24/h1-4,9,23-24H,5-8,20H2. The average molecular weight is 335 g/mol. The van der Waals surface area contributed by atoms with Crippen LogP contribution in [0.15, 0.2) is 40.3 Å². The van der Waals surface area contributed by atoms with Gasteiger partial charge in [-0.3, -0.25) is 9.98 Å². The van der Waals surface area contributed by atoms with Crippen molar-refractivity contribution in [3.63, 3.8) is 0 Å². The van der Waals surface area contributed by atoms with E-state index < -0.39 is 5.66 Å². The van der Waals surface area contributed by atoms with E-state index in [0.29, 0.717) is 64.0 Å². The van der Waals surface area contributed by atoms with Crippen LogP contribution >= 0.6 is 0 Å². The molecule has 3 aromatic carbocycles. The fourth-order valence-electron chi connectivity index (χ4n) is 3.91. The molecule has 1 spiro atoms. The Morgan fingerprint density at radius 3 is 2.28 bits per heavy atom. The molecule has 2 heterocycles. The Labute approximate surface area is 142 Å². The second kappa shape index (κ2) is 4.83. The molecular formula is C19H17N3O3. The Kier molecular flexibility index (Phi) is 2.80. The van der Waals surface area contributed by atoms with E-state index in [0.717, 1.165) is 0 Å². The lowest BCUT2D eigenvalue weighted by Crippen LogP contribution is -2.31. The van der Waals surface area contributed by atoms with Crippen molar-refractivity contribution in [3.05, 3.63) is 41.0 Å². The lowest BCUT2D eigenvalue weighted by Gasteiger charge is -2.27. The number of phenols is 2. The van der Waals surface area contributed by atoms with E-state index >= 15 is 0 Å². The number of phenolic OH excluding ortho intramolecular Hbond substituents is 2. The third-order valence-corrected chi connectivity index (χ3v) is 5.16. The van der Waals surface area contributed by atoms with Crippen LogP contribution < -0.4 is 16.4 Å². The molecule has 0 amide bonds. The number of anilines is 1. The molecule has 0 saturated carbocycles. The molecule has 0 unspecified atom stereocenters. The molecule has 0 atom stereocenters. The number of nitrogen functional groups attached to an aromatic ring is 1. The summed E-state index contributed by atoms with van der Waals surface area (Å²) in [6, 6.07) is 8.90. The lowest BCUT2D eigenvalue weighted by molar-refractivity contribution is 0.0566. The molecular weight excluding hydrogens is 318 g/mol. The van der Waals surface area contributed by atoms with Crippen molar-refractivity contribution < 1.29 is 14.9 Å². The van der Waals surface area contributed by atoms with E-state index in [1.54, 1.807) is 18.2 Å². The molecule has 1 fully saturated rings. The molecule has 126 valence electrons. The van der Waals surface area contributed by atoms with E-state index in [1.165, 1.54) is 0 Å². The minimum absolute atomic E-state index is 0.0619. The highest BCUT2D eigenvalue weighted by atomic mass is 16.5. The number of hydrogen-bond donors (Lipinski definition) is 3. The van der Waals surface area contributed by atoms with Gasteiger partial charge in [-0.25, -0.2) is 0 Å². The fraction of sp³-hybridized carbons (Fsp3) is 0.263. The molecule has 2 aliphatic heterocycles. The first-order chi connectivity index (χ1) is 12.1. The first-order valence-corrected chi connectivity index (χ1v) is 8.32. The molecule has 3 aromatic rings. The van der Waals surface area contributed by atoms with Gasteiger partial charge in [0.15, 0.2) is 5.66 Å². The molecule has 0 aromatic heterocycles. The van der Waals surface area contributed by atoms with Crippen LogP contribution in [0.2, 0.25) is 0 Å². The van der Waals surface area contributed by atoms with E-state index in [-0.39, 0.29) is 11.5 Å². The van der Waals surface area contributed by atoms with Crippen LogP contribution in [0.4, 0.5) is 5.69 Å². The number of ether oxygens (including phenoxy) is 1. The summed E-state index contributed by atoms with van der Waals surface area (Å²) in [5.41, 5.74) is 6.05. The van der Waals surface area contributed by atoms with Crippen LogP contribution in [0.3, 0.4) is 0 Å². The summed E-state index contributed by atoms with van der Waals surface area (Å²) in [4.78, 5) is 9.63. The summed E-state index contributed by atoms with van der Waals surface area (Å²) in [6.45, 7) is 1.21. The van der Waals surface area contributed by atoms with Crippen molar-refractivity contribution in [2.75, 3.05) is 18.9 Å². The number of hydrogen-bond acceptors (Lipinski definition) is 6.